The smallest absolute Gasteiger partial charge is 0.342 e. The van der Waals surface area contributed by atoms with Gasteiger partial charge in [0, 0.05) is 32.4 Å². The number of rotatable bonds is 7. The van der Waals surface area contributed by atoms with Crippen molar-refractivity contribution in [2.24, 2.45) is 0 Å². The van der Waals surface area contributed by atoms with E-state index in [-0.39, 0.29) is 42.4 Å². The number of ether oxygens (including phenoxy) is 2. The fourth-order valence-electron chi connectivity index (χ4n) is 3.49. The first-order chi connectivity index (χ1) is 16.8. The second kappa shape index (κ2) is 10.6. The van der Waals surface area contributed by atoms with Crippen molar-refractivity contribution in [1.82, 2.24) is 14.2 Å². The van der Waals surface area contributed by atoms with Crippen LogP contribution in [0.25, 0.3) is 0 Å². The Morgan fingerprint density at radius 2 is 1.66 bits per heavy atom. The van der Waals surface area contributed by atoms with E-state index < -0.39 is 34.3 Å². The number of carbonyl (C=O) groups excluding carboxylic acids is 2. The number of carbonyl (C=O) groups is 2. The highest BCUT2D eigenvalue weighted by Gasteiger charge is 2.30. The molecule has 1 aliphatic heterocycles. The molecule has 1 aromatic heterocycles. The van der Waals surface area contributed by atoms with Crippen LogP contribution in [0, 0.1) is 5.82 Å². The van der Waals surface area contributed by atoms with E-state index in [0.717, 1.165) is 12.1 Å². The van der Waals surface area contributed by atoms with E-state index in [0.29, 0.717) is 5.75 Å². The zero-order valence-electron chi connectivity index (χ0n) is 18.5. The summed E-state index contributed by atoms with van der Waals surface area (Å²) >= 11 is 0. The lowest BCUT2D eigenvalue weighted by Crippen LogP contribution is -2.51. The van der Waals surface area contributed by atoms with Crippen LogP contribution in [0.15, 0.2) is 78.0 Å². The monoisotopic (exact) mass is 499 g/mol. The molecule has 3 aromatic rings. The standard InChI is InChI=1S/C24H22FN3O6S/c25-18-7-9-20(10-8-18)35(31,32)28-14-12-27(13-15-28)23(29)17-33-24(30)21-5-1-2-6-22(21)34-19-4-3-11-26-16-19/h1-11,16H,12-15,17H2. The van der Waals surface area contributed by atoms with Crippen LogP contribution in [0.2, 0.25) is 0 Å². The number of hydrogen-bond donors (Lipinski definition) is 0. The fourth-order valence-corrected chi connectivity index (χ4v) is 4.91. The topological polar surface area (TPSA) is 106 Å². The number of esters is 1. The molecule has 1 aliphatic rings. The van der Waals surface area contributed by atoms with Crippen LogP contribution >= 0.6 is 0 Å². The van der Waals surface area contributed by atoms with Gasteiger partial charge in [-0.25, -0.2) is 17.6 Å². The van der Waals surface area contributed by atoms with Crippen molar-refractivity contribution >= 4 is 21.9 Å². The molecule has 1 saturated heterocycles. The maximum Gasteiger partial charge on any atom is 0.342 e. The van der Waals surface area contributed by atoms with Crippen molar-refractivity contribution in [1.29, 1.82) is 0 Å². The Hall–Kier alpha value is -3.83. The van der Waals surface area contributed by atoms with Crippen LogP contribution < -0.4 is 4.74 Å². The average Bonchev–Trinajstić information content (AvgIpc) is 2.88. The molecule has 1 fully saturated rings. The van der Waals surface area contributed by atoms with Gasteiger partial charge in [0.2, 0.25) is 10.0 Å². The van der Waals surface area contributed by atoms with Crippen molar-refractivity contribution in [2.45, 2.75) is 4.90 Å². The maximum atomic E-state index is 13.1. The van der Waals surface area contributed by atoms with Gasteiger partial charge in [-0.15, -0.1) is 0 Å². The van der Waals surface area contributed by atoms with Gasteiger partial charge in [0.1, 0.15) is 22.9 Å². The number of aromatic nitrogens is 1. The quantitative estimate of drug-likeness (QED) is 0.460. The third-order valence-corrected chi connectivity index (χ3v) is 7.25. The highest BCUT2D eigenvalue weighted by Crippen LogP contribution is 2.25. The molecule has 1 amide bonds. The van der Waals surface area contributed by atoms with E-state index in [2.05, 4.69) is 4.98 Å². The molecule has 0 unspecified atom stereocenters. The molecule has 0 radical (unpaired) electrons. The van der Waals surface area contributed by atoms with Gasteiger partial charge in [-0.2, -0.15) is 4.31 Å². The third kappa shape index (κ3) is 5.81. The van der Waals surface area contributed by atoms with Gasteiger partial charge in [-0.3, -0.25) is 9.78 Å². The second-order valence-electron chi connectivity index (χ2n) is 7.60. The molecule has 0 bridgehead atoms. The Bertz CT molecular complexity index is 1290. The van der Waals surface area contributed by atoms with Gasteiger partial charge < -0.3 is 14.4 Å². The van der Waals surface area contributed by atoms with Crippen molar-refractivity contribution in [2.75, 3.05) is 32.8 Å². The normalized spacial score (nSPS) is 14.4. The number of para-hydroxylation sites is 1. The first-order valence-electron chi connectivity index (χ1n) is 10.7. The van der Waals surface area contributed by atoms with Crippen LogP contribution in [-0.2, 0) is 19.6 Å². The number of pyridine rings is 1. The molecular formula is C24H22FN3O6S. The number of piperazine rings is 1. The summed E-state index contributed by atoms with van der Waals surface area (Å²) in [6.45, 7) is -0.0812. The Morgan fingerprint density at radius 1 is 0.943 bits per heavy atom. The van der Waals surface area contributed by atoms with Crippen molar-refractivity contribution in [3.05, 3.63) is 84.4 Å². The van der Waals surface area contributed by atoms with E-state index in [4.69, 9.17) is 9.47 Å². The number of sulfonamides is 1. The first kappa shape index (κ1) is 24.3. The summed E-state index contributed by atoms with van der Waals surface area (Å²) in [6.07, 6.45) is 3.10. The Kier molecular flexibility index (Phi) is 7.37. The van der Waals surface area contributed by atoms with E-state index in [1.54, 1.807) is 36.5 Å². The summed E-state index contributed by atoms with van der Waals surface area (Å²) in [7, 11) is -3.80. The van der Waals surface area contributed by atoms with E-state index in [9.17, 15) is 22.4 Å². The van der Waals surface area contributed by atoms with Crippen LogP contribution in [0.4, 0.5) is 4.39 Å². The van der Waals surface area contributed by atoms with Gasteiger partial charge in [-0.1, -0.05) is 12.1 Å². The molecule has 9 nitrogen and oxygen atoms in total. The summed E-state index contributed by atoms with van der Waals surface area (Å²) in [5, 5.41) is 0. The molecule has 0 spiro atoms. The number of benzene rings is 2. The lowest BCUT2D eigenvalue weighted by molar-refractivity contribution is -0.135. The third-order valence-electron chi connectivity index (χ3n) is 5.34. The molecule has 11 heteroatoms. The van der Waals surface area contributed by atoms with Gasteiger partial charge >= 0.3 is 5.97 Å². The minimum absolute atomic E-state index is 0.0141. The minimum Gasteiger partial charge on any atom is -0.455 e. The van der Waals surface area contributed by atoms with Crippen molar-refractivity contribution in [3.8, 4) is 11.5 Å². The maximum absolute atomic E-state index is 13.1. The van der Waals surface area contributed by atoms with E-state index in [1.807, 2.05) is 0 Å². The van der Waals surface area contributed by atoms with Crippen LogP contribution in [0.3, 0.4) is 0 Å². The average molecular weight is 500 g/mol. The van der Waals surface area contributed by atoms with Crippen molar-refractivity contribution < 1.29 is 31.9 Å². The lowest BCUT2D eigenvalue weighted by Gasteiger charge is -2.33. The largest absolute Gasteiger partial charge is 0.455 e. The molecular weight excluding hydrogens is 477 g/mol. The summed E-state index contributed by atoms with van der Waals surface area (Å²) < 4.78 is 50.7. The molecule has 0 saturated carbocycles. The second-order valence-corrected chi connectivity index (χ2v) is 9.54. The molecule has 0 N–H and O–H groups in total. The van der Waals surface area contributed by atoms with Crippen LogP contribution in [0.5, 0.6) is 11.5 Å². The molecule has 0 aliphatic carbocycles. The summed E-state index contributed by atoms with van der Waals surface area (Å²) in [4.78, 5) is 30.6. The Balaban J connectivity index is 1.31. The number of nitrogens with zero attached hydrogens (tertiary/aromatic N) is 3. The molecule has 182 valence electrons. The number of amides is 1. The summed E-state index contributed by atoms with van der Waals surface area (Å²) in [6, 6.07) is 14.4. The summed E-state index contributed by atoms with van der Waals surface area (Å²) in [5.41, 5.74) is 0.152. The Morgan fingerprint density at radius 3 is 2.34 bits per heavy atom. The fraction of sp³-hybridized carbons (Fsp3) is 0.208. The molecule has 4 rings (SSSR count). The van der Waals surface area contributed by atoms with Crippen LogP contribution in [-0.4, -0.2) is 67.3 Å². The van der Waals surface area contributed by atoms with Gasteiger partial charge in [-0.05, 0) is 48.5 Å². The van der Waals surface area contributed by atoms with Gasteiger partial charge in [0.15, 0.2) is 6.61 Å². The Labute approximate surface area is 201 Å². The predicted octanol–water partition coefficient (Wildman–Crippen LogP) is 2.70. The van der Waals surface area contributed by atoms with Crippen molar-refractivity contribution in [3.63, 3.8) is 0 Å². The number of halogens is 1. The minimum atomic E-state index is -3.80. The number of hydrogen-bond acceptors (Lipinski definition) is 7. The molecule has 0 atom stereocenters. The molecule has 35 heavy (non-hydrogen) atoms. The van der Waals surface area contributed by atoms with Crippen LogP contribution in [0.1, 0.15) is 10.4 Å². The predicted molar refractivity (Wildman–Crippen MR) is 123 cm³/mol. The zero-order chi connectivity index (χ0) is 24.8. The van der Waals surface area contributed by atoms with Gasteiger partial charge in [0.05, 0.1) is 11.1 Å². The van der Waals surface area contributed by atoms with Gasteiger partial charge in [0.25, 0.3) is 5.91 Å². The highest BCUT2D eigenvalue weighted by atomic mass is 32.2. The van der Waals surface area contributed by atoms with E-state index >= 15 is 0 Å². The van der Waals surface area contributed by atoms with E-state index in [1.165, 1.54) is 33.6 Å². The summed E-state index contributed by atoms with van der Waals surface area (Å²) in [5.74, 6) is -0.992. The highest BCUT2D eigenvalue weighted by molar-refractivity contribution is 7.89. The first-order valence-corrected chi connectivity index (χ1v) is 12.2. The zero-order valence-corrected chi connectivity index (χ0v) is 19.4. The lowest BCUT2D eigenvalue weighted by atomic mass is 10.2. The SMILES string of the molecule is O=C(OCC(=O)N1CCN(S(=O)(=O)c2ccc(F)cc2)CC1)c1ccccc1Oc1cccnc1. The molecule has 2 heterocycles. The molecule has 2 aromatic carbocycles.